The number of nitrogens with zero attached hydrogens (tertiary/aromatic N) is 1. The molecule has 0 saturated heterocycles. The number of nitrogens with one attached hydrogen (secondary N) is 1. The second kappa shape index (κ2) is 7.46. The van der Waals surface area contributed by atoms with Crippen molar-refractivity contribution in [3.63, 3.8) is 0 Å². The molecule has 1 atom stereocenters. The molecule has 21 heavy (non-hydrogen) atoms. The molecule has 1 rings (SSSR count). The molecule has 0 amide bonds. The van der Waals surface area contributed by atoms with Crippen LogP contribution in [0.15, 0.2) is 24.3 Å². The van der Waals surface area contributed by atoms with Crippen molar-refractivity contribution >= 4 is 11.7 Å². The van der Waals surface area contributed by atoms with Crippen molar-refractivity contribution in [2.24, 2.45) is 5.41 Å². The summed E-state index contributed by atoms with van der Waals surface area (Å²) in [6.07, 6.45) is 1.53. The zero-order valence-electron chi connectivity index (χ0n) is 13.8. The Balaban J connectivity index is 2.61. The molecular weight excluding hydrogens is 264 g/mol. The number of carboxylic acids is 1. The number of anilines is 1. The van der Waals surface area contributed by atoms with Gasteiger partial charge in [-0.15, -0.1) is 0 Å². The fourth-order valence-electron chi connectivity index (χ4n) is 2.08. The maximum Gasteiger partial charge on any atom is 0.320 e. The lowest BCUT2D eigenvalue weighted by atomic mass is 9.88. The van der Waals surface area contributed by atoms with Crippen LogP contribution in [-0.4, -0.2) is 31.2 Å². The highest BCUT2D eigenvalue weighted by Gasteiger charge is 2.20. The van der Waals surface area contributed by atoms with E-state index in [0.717, 1.165) is 17.7 Å². The molecule has 4 heteroatoms. The molecule has 0 saturated carbocycles. The van der Waals surface area contributed by atoms with Gasteiger partial charge in [0.05, 0.1) is 0 Å². The molecule has 0 bridgehead atoms. The zero-order valence-corrected chi connectivity index (χ0v) is 13.8. The minimum atomic E-state index is -0.775. The number of carbonyl (C=O) groups is 1. The summed E-state index contributed by atoms with van der Waals surface area (Å²) in [6.45, 7) is 6.97. The van der Waals surface area contributed by atoms with Crippen LogP contribution in [0.2, 0.25) is 0 Å². The zero-order chi connectivity index (χ0) is 16.0. The number of aliphatic carboxylic acids is 1. The lowest BCUT2D eigenvalue weighted by Gasteiger charge is -2.22. The van der Waals surface area contributed by atoms with Crippen molar-refractivity contribution in [3.05, 3.63) is 29.8 Å². The first kappa shape index (κ1) is 17.5. The van der Waals surface area contributed by atoms with E-state index in [1.54, 1.807) is 0 Å². The van der Waals surface area contributed by atoms with E-state index >= 15 is 0 Å². The first-order valence-electron chi connectivity index (χ1n) is 7.41. The SMILES string of the molecule is CN(C)c1cccc(CN[C@@H](CCC(C)(C)C)C(=O)O)c1. The Morgan fingerprint density at radius 1 is 1.33 bits per heavy atom. The number of benzene rings is 1. The summed E-state index contributed by atoms with van der Waals surface area (Å²) in [5, 5.41) is 12.5. The Kier molecular flexibility index (Phi) is 6.21. The smallest absolute Gasteiger partial charge is 0.320 e. The minimum absolute atomic E-state index is 0.153. The predicted octanol–water partition coefficient (Wildman–Crippen LogP) is 3.12. The summed E-state index contributed by atoms with van der Waals surface area (Å²) in [6, 6.07) is 7.64. The van der Waals surface area contributed by atoms with Crippen molar-refractivity contribution in [2.75, 3.05) is 19.0 Å². The number of hydrogen-bond donors (Lipinski definition) is 2. The van der Waals surface area contributed by atoms with Gasteiger partial charge in [-0.25, -0.2) is 0 Å². The van der Waals surface area contributed by atoms with E-state index in [0.29, 0.717) is 13.0 Å². The van der Waals surface area contributed by atoms with Gasteiger partial charge in [0.1, 0.15) is 6.04 Å². The van der Waals surface area contributed by atoms with Gasteiger partial charge in [-0.1, -0.05) is 32.9 Å². The highest BCUT2D eigenvalue weighted by atomic mass is 16.4. The third-order valence-electron chi connectivity index (χ3n) is 3.46. The molecular formula is C17H28N2O2. The minimum Gasteiger partial charge on any atom is -0.480 e. The summed E-state index contributed by atoms with van der Waals surface area (Å²) >= 11 is 0. The van der Waals surface area contributed by atoms with E-state index < -0.39 is 12.0 Å². The standard InChI is InChI=1S/C17H28N2O2/c1-17(2,3)10-9-15(16(20)21)18-12-13-7-6-8-14(11-13)19(4)5/h6-8,11,15,18H,9-10,12H2,1-5H3,(H,20,21)/t15-/m0/s1. The van der Waals surface area contributed by atoms with E-state index in [2.05, 4.69) is 32.2 Å². The van der Waals surface area contributed by atoms with Gasteiger partial charge in [-0.3, -0.25) is 4.79 Å². The van der Waals surface area contributed by atoms with Crippen LogP contribution < -0.4 is 10.2 Å². The molecule has 0 radical (unpaired) electrons. The molecule has 1 aromatic carbocycles. The van der Waals surface area contributed by atoms with E-state index in [9.17, 15) is 9.90 Å². The van der Waals surface area contributed by atoms with Gasteiger partial charge < -0.3 is 15.3 Å². The molecule has 0 aliphatic carbocycles. The Hall–Kier alpha value is -1.55. The fourth-order valence-corrected chi connectivity index (χ4v) is 2.08. The van der Waals surface area contributed by atoms with Gasteiger partial charge in [0.15, 0.2) is 0 Å². The van der Waals surface area contributed by atoms with Gasteiger partial charge in [0, 0.05) is 26.3 Å². The highest BCUT2D eigenvalue weighted by molar-refractivity contribution is 5.73. The fraction of sp³-hybridized carbons (Fsp3) is 0.588. The Morgan fingerprint density at radius 3 is 2.52 bits per heavy atom. The third kappa shape index (κ3) is 6.63. The van der Waals surface area contributed by atoms with Crippen molar-refractivity contribution in [3.8, 4) is 0 Å². The van der Waals surface area contributed by atoms with Gasteiger partial charge >= 0.3 is 5.97 Å². The molecule has 4 nitrogen and oxygen atoms in total. The Bertz CT molecular complexity index is 464. The highest BCUT2D eigenvalue weighted by Crippen LogP contribution is 2.22. The molecule has 0 spiro atoms. The summed E-state index contributed by atoms with van der Waals surface area (Å²) in [5.41, 5.74) is 2.37. The van der Waals surface area contributed by atoms with Crippen LogP contribution in [0.4, 0.5) is 5.69 Å². The second-order valence-electron chi connectivity index (χ2n) is 6.94. The lowest BCUT2D eigenvalue weighted by Crippen LogP contribution is -2.37. The normalized spacial score (nSPS) is 13.0. The second-order valence-corrected chi connectivity index (χ2v) is 6.94. The van der Waals surface area contributed by atoms with E-state index in [-0.39, 0.29) is 5.41 Å². The van der Waals surface area contributed by atoms with Crippen molar-refractivity contribution < 1.29 is 9.90 Å². The molecule has 118 valence electrons. The molecule has 0 heterocycles. The topological polar surface area (TPSA) is 52.6 Å². The number of hydrogen-bond acceptors (Lipinski definition) is 3. The summed E-state index contributed by atoms with van der Waals surface area (Å²) < 4.78 is 0. The summed E-state index contributed by atoms with van der Waals surface area (Å²) in [7, 11) is 3.99. The maximum atomic E-state index is 11.3. The van der Waals surface area contributed by atoms with Crippen LogP contribution >= 0.6 is 0 Å². The first-order valence-corrected chi connectivity index (χ1v) is 7.41. The lowest BCUT2D eigenvalue weighted by molar-refractivity contribution is -0.139. The Morgan fingerprint density at radius 2 is 2.00 bits per heavy atom. The van der Waals surface area contributed by atoms with Crippen LogP contribution in [-0.2, 0) is 11.3 Å². The van der Waals surface area contributed by atoms with Crippen molar-refractivity contribution in [2.45, 2.75) is 46.2 Å². The molecule has 0 aromatic heterocycles. The summed E-state index contributed by atoms with van der Waals surface area (Å²) in [4.78, 5) is 13.4. The van der Waals surface area contributed by atoms with Gasteiger partial charge in [-0.2, -0.15) is 0 Å². The monoisotopic (exact) mass is 292 g/mol. The largest absolute Gasteiger partial charge is 0.480 e. The quantitative estimate of drug-likeness (QED) is 0.811. The first-order chi connectivity index (χ1) is 9.69. The molecule has 0 fully saturated rings. The van der Waals surface area contributed by atoms with E-state index in [4.69, 9.17) is 0 Å². The van der Waals surface area contributed by atoms with Crippen LogP contribution in [0.3, 0.4) is 0 Å². The molecule has 0 unspecified atom stereocenters. The molecule has 0 aliphatic rings. The number of rotatable bonds is 7. The maximum absolute atomic E-state index is 11.3. The number of carboxylic acid groups (broad SMARTS) is 1. The van der Waals surface area contributed by atoms with Gasteiger partial charge in [0.2, 0.25) is 0 Å². The van der Waals surface area contributed by atoms with Crippen molar-refractivity contribution in [1.82, 2.24) is 5.32 Å². The van der Waals surface area contributed by atoms with Crippen LogP contribution in [0, 0.1) is 5.41 Å². The predicted molar refractivity (Wildman–Crippen MR) is 87.7 cm³/mol. The molecule has 1 aromatic rings. The summed E-state index contributed by atoms with van der Waals surface area (Å²) in [5.74, 6) is -0.775. The van der Waals surface area contributed by atoms with Crippen LogP contribution in [0.25, 0.3) is 0 Å². The Labute approximate surface area is 128 Å². The molecule has 2 N–H and O–H groups in total. The van der Waals surface area contributed by atoms with E-state index in [1.165, 1.54) is 0 Å². The molecule has 0 aliphatic heterocycles. The van der Waals surface area contributed by atoms with Crippen molar-refractivity contribution in [1.29, 1.82) is 0 Å². The van der Waals surface area contributed by atoms with E-state index in [1.807, 2.05) is 37.2 Å². The van der Waals surface area contributed by atoms with Gasteiger partial charge in [0.25, 0.3) is 0 Å². The average Bonchev–Trinajstić information content (AvgIpc) is 2.37. The average molecular weight is 292 g/mol. The van der Waals surface area contributed by atoms with Crippen LogP contribution in [0.1, 0.15) is 39.2 Å². The third-order valence-corrected chi connectivity index (χ3v) is 3.46. The van der Waals surface area contributed by atoms with Crippen LogP contribution in [0.5, 0.6) is 0 Å². The van der Waals surface area contributed by atoms with Gasteiger partial charge in [-0.05, 0) is 36.0 Å².